The normalized spacial score (nSPS) is 15.0. The number of benzene rings is 8. The van der Waals surface area contributed by atoms with Gasteiger partial charge in [-0.1, -0.05) is 162 Å². The molecule has 2 heteroatoms. The van der Waals surface area contributed by atoms with E-state index in [1.54, 1.807) is 12.1 Å². The molecule has 0 saturated carbocycles. The Morgan fingerprint density at radius 2 is 0.750 bits per heavy atom. The Labute approximate surface area is 363 Å². The lowest BCUT2D eigenvalue weighted by Gasteiger charge is -2.29. The lowest BCUT2D eigenvalue weighted by Crippen LogP contribution is -2.16. The Balaban J connectivity index is 1.03. The van der Waals surface area contributed by atoms with E-state index in [0.29, 0.717) is 11.1 Å². The SMILES string of the molecule is [2H]C([2H])=C([2H])c1cccc(N(c2ccc(-c3ccc(N(c4cccc(C([2H])=C([2H])[2H])c4)c4ccc5c(c4)C(C)(C)c4ccccc4-5)cc3)cc2)c2ccc3c(c2)C(C)(C)c2ccccc2-3)c1. The van der Waals surface area contributed by atoms with Crippen LogP contribution in [-0.2, 0) is 10.8 Å². The van der Waals surface area contributed by atoms with Crippen molar-refractivity contribution in [3.8, 4) is 33.4 Å². The van der Waals surface area contributed by atoms with Gasteiger partial charge in [0, 0.05) is 45.0 Å². The fourth-order valence-electron chi connectivity index (χ4n) is 9.61. The number of rotatable bonds is 9. The summed E-state index contributed by atoms with van der Waals surface area (Å²) in [5.74, 6) is 0. The largest absolute Gasteiger partial charge is 0.310 e. The van der Waals surface area contributed by atoms with Gasteiger partial charge < -0.3 is 9.80 Å². The van der Waals surface area contributed by atoms with Gasteiger partial charge in [-0.25, -0.2) is 0 Å². The van der Waals surface area contributed by atoms with Gasteiger partial charge in [-0.2, -0.15) is 0 Å². The molecule has 0 radical (unpaired) electrons. The molecular weight excluding hydrogens is 725 g/mol. The van der Waals surface area contributed by atoms with Crippen molar-refractivity contribution in [2.24, 2.45) is 0 Å². The average Bonchev–Trinajstić information content (AvgIpc) is 3.70. The van der Waals surface area contributed by atoms with Gasteiger partial charge in [0.1, 0.15) is 0 Å². The summed E-state index contributed by atoms with van der Waals surface area (Å²) in [6.45, 7) is 8.02. The van der Waals surface area contributed by atoms with Crippen LogP contribution in [0.1, 0.15) is 69.3 Å². The zero-order valence-corrected chi connectivity index (χ0v) is 34.2. The van der Waals surface area contributed by atoms with Crippen LogP contribution in [0.25, 0.3) is 45.5 Å². The molecule has 8 aromatic carbocycles. The van der Waals surface area contributed by atoms with E-state index < -0.39 is 13.1 Å². The van der Waals surface area contributed by atoms with E-state index in [4.69, 9.17) is 8.22 Å². The molecule has 290 valence electrons. The van der Waals surface area contributed by atoms with Crippen LogP contribution >= 0.6 is 0 Å². The molecule has 0 aromatic heterocycles. The minimum Gasteiger partial charge on any atom is -0.310 e. The van der Waals surface area contributed by atoms with Crippen LogP contribution < -0.4 is 9.80 Å². The monoisotopic (exact) mass is 778 g/mol. The zero-order chi connectivity index (χ0) is 46.1. The van der Waals surface area contributed by atoms with E-state index in [1.807, 2.05) is 36.4 Å². The maximum absolute atomic E-state index is 8.48. The lowest BCUT2D eigenvalue weighted by molar-refractivity contribution is 0.660. The molecule has 10 rings (SSSR count). The fourth-order valence-corrected chi connectivity index (χ4v) is 9.61. The molecule has 2 aliphatic carbocycles. The third-order valence-corrected chi connectivity index (χ3v) is 12.7. The minimum atomic E-state index is -0.531. The van der Waals surface area contributed by atoms with Crippen molar-refractivity contribution < 1.29 is 8.22 Å². The number of hydrogen-bond donors (Lipinski definition) is 0. The molecule has 0 amide bonds. The zero-order valence-electron chi connectivity index (χ0n) is 40.2. The average molecular weight is 779 g/mol. The van der Waals surface area contributed by atoms with E-state index in [0.717, 1.165) is 45.3 Å². The van der Waals surface area contributed by atoms with Crippen molar-refractivity contribution in [1.29, 1.82) is 0 Å². The Bertz CT molecular complexity index is 3050. The summed E-state index contributed by atoms with van der Waals surface area (Å²) in [5.41, 5.74) is 18.1. The van der Waals surface area contributed by atoms with Gasteiger partial charge in [-0.3, -0.25) is 0 Å². The topological polar surface area (TPSA) is 6.48 Å². The highest BCUT2D eigenvalue weighted by molar-refractivity contribution is 5.88. The fraction of sp³-hybridized carbons (Fsp3) is 0.103. The Morgan fingerprint density at radius 3 is 1.17 bits per heavy atom. The smallest absolute Gasteiger partial charge is 0.0623 e. The van der Waals surface area contributed by atoms with E-state index in [-0.39, 0.29) is 22.9 Å². The predicted octanol–water partition coefficient (Wildman–Crippen LogP) is 16.2. The summed E-state index contributed by atoms with van der Waals surface area (Å²) in [6.07, 6.45) is 0. The first-order chi connectivity index (χ1) is 31.7. The second-order valence-corrected chi connectivity index (χ2v) is 16.9. The first-order valence-corrected chi connectivity index (χ1v) is 20.5. The number of anilines is 6. The summed E-state index contributed by atoms with van der Waals surface area (Å²) in [6, 6.07) is 62.2. The third-order valence-electron chi connectivity index (χ3n) is 12.7. The maximum atomic E-state index is 8.48. The summed E-state index contributed by atoms with van der Waals surface area (Å²) in [4.78, 5) is 4.36. The molecule has 0 heterocycles. The Morgan fingerprint density at radius 1 is 0.383 bits per heavy atom. The lowest BCUT2D eigenvalue weighted by atomic mass is 9.82. The van der Waals surface area contributed by atoms with Gasteiger partial charge in [0.05, 0.1) is 8.22 Å². The molecule has 8 aromatic rings. The van der Waals surface area contributed by atoms with Crippen LogP contribution in [0.15, 0.2) is 195 Å². The Kier molecular flexibility index (Phi) is 7.35. The van der Waals surface area contributed by atoms with Crippen LogP contribution in [0.3, 0.4) is 0 Å². The van der Waals surface area contributed by atoms with E-state index in [1.165, 1.54) is 44.5 Å². The summed E-state index contributed by atoms with van der Waals surface area (Å²) < 4.78 is 48.4. The van der Waals surface area contributed by atoms with Gasteiger partial charge in [0.2, 0.25) is 0 Å². The van der Waals surface area contributed by atoms with Crippen LogP contribution in [0, 0.1) is 0 Å². The van der Waals surface area contributed by atoms with Gasteiger partial charge in [-0.15, -0.1) is 0 Å². The van der Waals surface area contributed by atoms with Crippen molar-refractivity contribution in [3.05, 3.63) is 228 Å². The summed E-state index contributed by atoms with van der Waals surface area (Å²) in [5, 5.41) is 0. The summed E-state index contributed by atoms with van der Waals surface area (Å²) >= 11 is 0. The molecule has 60 heavy (non-hydrogen) atoms. The standard InChI is InChI=1S/C58H48N2/c1-7-39-15-13-17-45(35-39)59(47-31-33-51-49-19-9-11-21-53(49)57(3,4)55(51)37-47)43-27-23-41(24-28-43)42-25-29-44(30-26-42)60(46-18-14-16-40(8-2)36-46)48-32-34-52-50-20-10-12-22-54(50)58(5,6)56(52)38-48/h7-38H,1-2H2,3-6H3/i1D2,2D2,7D,8D. The highest BCUT2D eigenvalue weighted by atomic mass is 15.1. The molecular formula is C58H48N2. The van der Waals surface area contributed by atoms with E-state index >= 15 is 0 Å². The molecule has 0 saturated heterocycles. The van der Waals surface area contributed by atoms with Gasteiger partial charge in [0.15, 0.2) is 0 Å². The highest BCUT2D eigenvalue weighted by Crippen LogP contribution is 2.52. The molecule has 2 nitrogen and oxygen atoms in total. The highest BCUT2D eigenvalue weighted by Gasteiger charge is 2.37. The van der Waals surface area contributed by atoms with Crippen LogP contribution in [0.4, 0.5) is 34.1 Å². The Hall–Kier alpha value is -7.16. The second-order valence-electron chi connectivity index (χ2n) is 16.9. The maximum Gasteiger partial charge on any atom is 0.0623 e. The van der Waals surface area contributed by atoms with Gasteiger partial charge >= 0.3 is 0 Å². The second kappa shape index (κ2) is 14.3. The predicted molar refractivity (Wildman–Crippen MR) is 257 cm³/mol. The summed E-state index contributed by atoms with van der Waals surface area (Å²) in [7, 11) is 0. The van der Waals surface area contributed by atoms with Crippen molar-refractivity contribution in [1.82, 2.24) is 0 Å². The van der Waals surface area contributed by atoms with Crippen LogP contribution in [-0.4, -0.2) is 0 Å². The number of fused-ring (bicyclic) bond motifs is 6. The third kappa shape index (κ3) is 6.02. The molecule has 2 aliphatic rings. The van der Waals surface area contributed by atoms with Crippen molar-refractivity contribution in [2.75, 3.05) is 9.80 Å². The first-order valence-electron chi connectivity index (χ1n) is 23.5. The quantitative estimate of drug-likeness (QED) is 0.144. The van der Waals surface area contributed by atoms with Crippen molar-refractivity contribution in [2.45, 2.75) is 38.5 Å². The van der Waals surface area contributed by atoms with Gasteiger partial charge in [0.25, 0.3) is 0 Å². The molecule has 0 atom stereocenters. The molecule has 0 bridgehead atoms. The van der Waals surface area contributed by atoms with E-state index in [9.17, 15) is 0 Å². The van der Waals surface area contributed by atoms with Crippen LogP contribution in [0.5, 0.6) is 0 Å². The van der Waals surface area contributed by atoms with Crippen molar-refractivity contribution in [3.63, 3.8) is 0 Å². The molecule has 0 fully saturated rings. The first kappa shape index (κ1) is 30.9. The molecule has 0 spiro atoms. The van der Waals surface area contributed by atoms with E-state index in [2.05, 4.69) is 171 Å². The number of hydrogen-bond acceptors (Lipinski definition) is 2. The molecule has 0 unspecified atom stereocenters. The molecule has 0 N–H and O–H groups in total. The number of nitrogens with zero attached hydrogens (tertiary/aromatic N) is 2. The molecule has 0 aliphatic heterocycles. The van der Waals surface area contributed by atoms with Gasteiger partial charge in [-0.05, 0) is 140 Å². The minimum absolute atomic E-state index is 0.134. The van der Waals surface area contributed by atoms with Crippen molar-refractivity contribution >= 4 is 46.2 Å². The van der Waals surface area contributed by atoms with Crippen LogP contribution in [0.2, 0.25) is 0 Å².